The van der Waals surface area contributed by atoms with Crippen molar-refractivity contribution in [2.75, 3.05) is 5.43 Å². The summed E-state index contributed by atoms with van der Waals surface area (Å²) in [6.45, 7) is 3.72. The van der Waals surface area contributed by atoms with Crippen molar-refractivity contribution >= 4 is 28.6 Å². The van der Waals surface area contributed by atoms with Gasteiger partial charge >= 0.3 is 0 Å². The van der Waals surface area contributed by atoms with Crippen molar-refractivity contribution in [2.24, 2.45) is 0 Å². The lowest BCUT2D eigenvalue weighted by molar-refractivity contribution is -0.384. The predicted octanol–water partition coefficient (Wildman–Crippen LogP) is 2.68. The predicted molar refractivity (Wildman–Crippen MR) is 80.4 cm³/mol. The van der Waals surface area contributed by atoms with Crippen LogP contribution in [0.25, 0.3) is 0 Å². The van der Waals surface area contributed by atoms with Crippen LogP contribution in [0.2, 0.25) is 0 Å². The molecular weight excluding hydrogens is 292 g/mol. The number of aryl methyl sites for hydroxylation is 2. The average Bonchev–Trinajstić information content (AvgIpc) is 2.86. The van der Waals surface area contributed by atoms with E-state index in [1.54, 1.807) is 19.1 Å². The molecule has 0 aliphatic heterocycles. The van der Waals surface area contributed by atoms with Gasteiger partial charge in [-0.05, 0) is 19.4 Å². The minimum Gasteiger partial charge on any atom is -0.292 e. The summed E-state index contributed by atoms with van der Waals surface area (Å²) in [6.07, 6.45) is 0.760. The number of aromatic nitrogens is 1. The number of hydrogen-bond acceptors (Lipinski definition) is 6. The molecule has 0 saturated heterocycles. The van der Waals surface area contributed by atoms with Crippen molar-refractivity contribution in [3.8, 4) is 0 Å². The second-order valence-electron chi connectivity index (χ2n) is 4.23. The molecule has 21 heavy (non-hydrogen) atoms. The van der Waals surface area contributed by atoms with Gasteiger partial charge in [0.2, 0.25) is 0 Å². The van der Waals surface area contributed by atoms with E-state index in [9.17, 15) is 14.9 Å². The first-order valence-electron chi connectivity index (χ1n) is 6.29. The van der Waals surface area contributed by atoms with Crippen LogP contribution in [0.4, 0.5) is 11.4 Å². The summed E-state index contributed by atoms with van der Waals surface area (Å²) < 4.78 is 0. The van der Waals surface area contributed by atoms with E-state index in [0.717, 1.165) is 11.4 Å². The van der Waals surface area contributed by atoms with E-state index in [1.165, 1.54) is 23.5 Å². The molecule has 0 aliphatic carbocycles. The normalized spacial score (nSPS) is 10.2. The molecule has 1 heterocycles. The van der Waals surface area contributed by atoms with E-state index in [4.69, 9.17) is 0 Å². The number of anilines is 1. The van der Waals surface area contributed by atoms with Crippen LogP contribution < -0.4 is 10.9 Å². The number of hydrazine groups is 1. The molecule has 0 saturated carbocycles. The van der Waals surface area contributed by atoms with Gasteiger partial charge in [-0.2, -0.15) is 0 Å². The molecule has 1 aromatic heterocycles. The molecule has 0 fully saturated rings. The van der Waals surface area contributed by atoms with Crippen molar-refractivity contribution in [2.45, 2.75) is 20.3 Å². The number of nitrogens with one attached hydrogen (secondary N) is 2. The number of nitrogens with zero attached hydrogens (tertiary/aromatic N) is 2. The van der Waals surface area contributed by atoms with E-state index >= 15 is 0 Å². The lowest BCUT2D eigenvalue weighted by Crippen LogP contribution is -2.29. The van der Waals surface area contributed by atoms with Gasteiger partial charge in [-0.1, -0.05) is 19.1 Å². The average molecular weight is 306 g/mol. The van der Waals surface area contributed by atoms with Gasteiger partial charge in [-0.15, -0.1) is 11.3 Å². The highest BCUT2D eigenvalue weighted by Crippen LogP contribution is 2.23. The minimum absolute atomic E-state index is 0.104. The third-order valence-corrected chi connectivity index (χ3v) is 4.06. The van der Waals surface area contributed by atoms with E-state index < -0.39 is 4.92 Å². The number of nitro benzene ring substituents is 1. The van der Waals surface area contributed by atoms with Gasteiger partial charge in [0.25, 0.3) is 11.6 Å². The quantitative estimate of drug-likeness (QED) is 0.654. The summed E-state index contributed by atoms with van der Waals surface area (Å²) in [5.74, 6) is -0.358. The molecule has 1 amide bonds. The fourth-order valence-corrected chi connectivity index (χ4v) is 2.63. The Morgan fingerprint density at radius 2 is 2.14 bits per heavy atom. The fourth-order valence-electron chi connectivity index (χ4n) is 1.73. The van der Waals surface area contributed by atoms with Crippen molar-refractivity contribution in [3.05, 3.63) is 50.0 Å². The molecule has 7 nitrogen and oxygen atoms in total. The third-order valence-electron chi connectivity index (χ3n) is 2.76. The van der Waals surface area contributed by atoms with E-state index in [-0.39, 0.29) is 17.3 Å². The van der Waals surface area contributed by atoms with Crippen LogP contribution in [-0.4, -0.2) is 15.8 Å². The molecule has 0 bridgehead atoms. The standard InChI is InChI=1S/C13H14N4O3S/c1-3-11-14-8(2)12(21-11)13(18)16-15-9-6-4-5-7-10(9)17(19)20/h4-7,15H,3H2,1-2H3,(H,16,18). The van der Waals surface area contributed by atoms with Crippen molar-refractivity contribution in [1.29, 1.82) is 0 Å². The lowest BCUT2D eigenvalue weighted by atomic mass is 10.3. The van der Waals surface area contributed by atoms with Crippen LogP contribution >= 0.6 is 11.3 Å². The molecule has 0 unspecified atom stereocenters. The summed E-state index contributed by atoms with van der Waals surface area (Å²) in [7, 11) is 0. The fraction of sp³-hybridized carbons (Fsp3) is 0.231. The Kier molecular flexibility index (Phi) is 4.49. The minimum atomic E-state index is -0.512. The molecule has 8 heteroatoms. The highest BCUT2D eigenvalue weighted by atomic mass is 32.1. The van der Waals surface area contributed by atoms with Gasteiger partial charge in [0.05, 0.1) is 15.6 Å². The lowest BCUT2D eigenvalue weighted by Gasteiger charge is -2.07. The maximum Gasteiger partial charge on any atom is 0.294 e. The maximum absolute atomic E-state index is 12.1. The van der Waals surface area contributed by atoms with Crippen LogP contribution in [0.3, 0.4) is 0 Å². The third kappa shape index (κ3) is 3.34. The van der Waals surface area contributed by atoms with Gasteiger partial charge in [-0.3, -0.25) is 25.8 Å². The Morgan fingerprint density at radius 1 is 1.43 bits per heavy atom. The monoisotopic (exact) mass is 306 g/mol. The second kappa shape index (κ2) is 6.31. The highest BCUT2D eigenvalue weighted by molar-refractivity contribution is 7.13. The van der Waals surface area contributed by atoms with Gasteiger partial charge in [0, 0.05) is 6.07 Å². The SMILES string of the molecule is CCc1nc(C)c(C(=O)NNc2ccccc2[N+](=O)[O-])s1. The molecule has 0 spiro atoms. The van der Waals surface area contributed by atoms with Gasteiger partial charge < -0.3 is 0 Å². The van der Waals surface area contributed by atoms with E-state index in [2.05, 4.69) is 15.8 Å². The Hall–Kier alpha value is -2.48. The first-order valence-corrected chi connectivity index (χ1v) is 7.10. The Morgan fingerprint density at radius 3 is 2.76 bits per heavy atom. The van der Waals surface area contributed by atoms with Gasteiger partial charge in [-0.25, -0.2) is 4.98 Å². The Balaban J connectivity index is 2.11. The van der Waals surface area contributed by atoms with E-state index in [1.807, 2.05) is 6.92 Å². The number of amides is 1. The van der Waals surface area contributed by atoms with Gasteiger partial charge in [0.1, 0.15) is 10.6 Å². The molecule has 2 rings (SSSR count). The van der Waals surface area contributed by atoms with Crippen LogP contribution in [0.1, 0.15) is 27.3 Å². The second-order valence-corrected chi connectivity index (χ2v) is 5.31. The number of para-hydroxylation sites is 2. The van der Waals surface area contributed by atoms with Crippen LogP contribution in [-0.2, 0) is 6.42 Å². The summed E-state index contributed by atoms with van der Waals surface area (Å²) >= 11 is 1.32. The zero-order chi connectivity index (χ0) is 15.4. The Bertz CT molecular complexity index is 684. The summed E-state index contributed by atoms with van der Waals surface area (Å²) in [5, 5.41) is 11.8. The molecule has 2 N–H and O–H groups in total. The zero-order valence-electron chi connectivity index (χ0n) is 11.5. The molecule has 0 aliphatic rings. The molecule has 1 aromatic carbocycles. The van der Waals surface area contributed by atoms with Crippen LogP contribution in [0.5, 0.6) is 0 Å². The first-order chi connectivity index (χ1) is 10.0. The number of hydrogen-bond donors (Lipinski definition) is 2. The largest absolute Gasteiger partial charge is 0.294 e. The zero-order valence-corrected chi connectivity index (χ0v) is 12.4. The molecule has 2 aromatic rings. The van der Waals surface area contributed by atoms with Crippen LogP contribution in [0.15, 0.2) is 24.3 Å². The number of carbonyl (C=O) groups excluding carboxylic acids is 1. The smallest absolute Gasteiger partial charge is 0.292 e. The maximum atomic E-state index is 12.1. The molecule has 110 valence electrons. The number of nitro groups is 1. The van der Waals surface area contributed by atoms with Gasteiger partial charge in [0.15, 0.2) is 0 Å². The number of benzene rings is 1. The summed E-state index contributed by atoms with van der Waals surface area (Å²) in [4.78, 5) is 27.2. The molecule has 0 radical (unpaired) electrons. The number of thiazole rings is 1. The molecule has 0 atom stereocenters. The summed E-state index contributed by atoms with van der Waals surface area (Å²) in [6, 6.07) is 6.09. The van der Waals surface area contributed by atoms with Crippen LogP contribution in [0, 0.1) is 17.0 Å². The topological polar surface area (TPSA) is 97.2 Å². The summed E-state index contributed by atoms with van der Waals surface area (Å²) in [5.41, 5.74) is 5.83. The number of carbonyl (C=O) groups is 1. The highest BCUT2D eigenvalue weighted by Gasteiger charge is 2.16. The molecular formula is C13H14N4O3S. The van der Waals surface area contributed by atoms with Crippen molar-refractivity contribution in [3.63, 3.8) is 0 Å². The Labute approximate surface area is 125 Å². The van der Waals surface area contributed by atoms with E-state index in [0.29, 0.717) is 10.6 Å². The first kappa shape index (κ1) is 14.9. The van der Waals surface area contributed by atoms with Crippen molar-refractivity contribution < 1.29 is 9.72 Å². The van der Waals surface area contributed by atoms with Crippen molar-refractivity contribution in [1.82, 2.24) is 10.4 Å². The number of rotatable bonds is 5.